The van der Waals surface area contributed by atoms with Crippen molar-refractivity contribution in [3.63, 3.8) is 0 Å². The number of aromatic carboxylic acids is 1. The third-order valence-corrected chi connectivity index (χ3v) is 6.40. The Bertz CT molecular complexity index is 1560. The summed E-state index contributed by atoms with van der Waals surface area (Å²) >= 11 is 0. The maximum absolute atomic E-state index is 13.6. The molecular weight excluding hydrogens is 447 g/mol. The van der Waals surface area contributed by atoms with E-state index in [-0.39, 0.29) is 33.6 Å². The number of halogens is 1. The molecule has 0 bridgehead atoms. The molecular formula is C24H19FN2O5S. The lowest BCUT2D eigenvalue weighted by Gasteiger charge is -2.18. The van der Waals surface area contributed by atoms with E-state index >= 15 is 0 Å². The van der Waals surface area contributed by atoms with Gasteiger partial charge in [0.25, 0.3) is 0 Å². The van der Waals surface area contributed by atoms with Crippen molar-refractivity contribution in [2.75, 3.05) is 6.26 Å². The minimum absolute atomic E-state index is 0.0112. The molecule has 0 amide bonds. The highest BCUT2D eigenvalue weighted by Crippen LogP contribution is 2.24. The molecule has 0 aliphatic carbocycles. The highest BCUT2D eigenvalue weighted by Gasteiger charge is 2.24. The van der Waals surface area contributed by atoms with Gasteiger partial charge in [0.15, 0.2) is 15.3 Å². The lowest BCUT2D eigenvalue weighted by molar-refractivity contribution is 0.0686. The van der Waals surface area contributed by atoms with Gasteiger partial charge in [0, 0.05) is 29.6 Å². The first-order valence-corrected chi connectivity index (χ1v) is 11.8. The highest BCUT2D eigenvalue weighted by atomic mass is 32.2. The van der Waals surface area contributed by atoms with Gasteiger partial charge in [0.2, 0.25) is 0 Å². The van der Waals surface area contributed by atoms with Crippen LogP contribution in [0.1, 0.15) is 27.3 Å². The summed E-state index contributed by atoms with van der Waals surface area (Å²) in [4.78, 5) is 30.3. The molecule has 0 radical (unpaired) electrons. The van der Waals surface area contributed by atoms with Gasteiger partial charge in [0.1, 0.15) is 17.2 Å². The van der Waals surface area contributed by atoms with Crippen molar-refractivity contribution in [1.29, 1.82) is 0 Å². The van der Waals surface area contributed by atoms with Crippen LogP contribution < -0.4 is 5.43 Å². The number of rotatable bonds is 5. The quantitative estimate of drug-likeness (QED) is 0.482. The van der Waals surface area contributed by atoms with Crippen LogP contribution in [0.15, 0.2) is 70.4 Å². The zero-order valence-corrected chi connectivity index (χ0v) is 18.6. The molecule has 4 rings (SSSR count). The number of benzene rings is 2. The van der Waals surface area contributed by atoms with Crippen LogP contribution in [0.3, 0.4) is 0 Å². The van der Waals surface area contributed by atoms with Crippen LogP contribution in [0.5, 0.6) is 0 Å². The molecule has 7 nitrogen and oxygen atoms in total. The Morgan fingerprint density at radius 3 is 2.24 bits per heavy atom. The van der Waals surface area contributed by atoms with Crippen LogP contribution in [-0.2, 0) is 16.3 Å². The molecule has 2 aromatic heterocycles. The summed E-state index contributed by atoms with van der Waals surface area (Å²) in [7, 11) is -3.40. The predicted octanol–water partition coefficient (Wildman–Crippen LogP) is 3.53. The number of carbonyl (C=O) groups is 1. The summed E-state index contributed by atoms with van der Waals surface area (Å²) in [6.07, 6.45) is 1.04. The summed E-state index contributed by atoms with van der Waals surface area (Å²) < 4.78 is 38.4. The van der Waals surface area contributed by atoms with Gasteiger partial charge in [-0.15, -0.1) is 0 Å². The average molecular weight is 466 g/mol. The number of fused-ring (bicyclic) bond motifs is 1. The first-order valence-electron chi connectivity index (χ1n) is 9.90. The van der Waals surface area contributed by atoms with Crippen LogP contribution in [0, 0.1) is 12.7 Å². The molecule has 0 aliphatic heterocycles. The topological polar surface area (TPSA) is 106 Å². The highest BCUT2D eigenvalue weighted by molar-refractivity contribution is 7.90. The van der Waals surface area contributed by atoms with Gasteiger partial charge in [-0.05, 0) is 61.0 Å². The number of hydrogen-bond acceptors (Lipinski definition) is 5. The molecule has 0 spiro atoms. The minimum atomic E-state index is -3.40. The number of sulfone groups is 1. The monoisotopic (exact) mass is 466 g/mol. The van der Waals surface area contributed by atoms with Crippen molar-refractivity contribution in [3.8, 4) is 5.69 Å². The molecule has 0 saturated heterocycles. The number of hydrogen-bond donors (Lipinski definition) is 1. The maximum Gasteiger partial charge on any atom is 0.353 e. The van der Waals surface area contributed by atoms with E-state index in [4.69, 9.17) is 0 Å². The summed E-state index contributed by atoms with van der Waals surface area (Å²) in [6.45, 7) is 1.72. The number of aryl methyl sites for hydroxylation is 1. The van der Waals surface area contributed by atoms with Crippen LogP contribution in [0.4, 0.5) is 4.39 Å². The molecule has 0 fully saturated rings. The molecule has 1 N–H and O–H groups in total. The fourth-order valence-corrected chi connectivity index (χ4v) is 4.32. The Morgan fingerprint density at radius 1 is 1.03 bits per heavy atom. The Kier molecular flexibility index (Phi) is 5.59. The number of pyridine rings is 2. The van der Waals surface area contributed by atoms with Crippen LogP contribution in [-0.4, -0.2) is 35.3 Å². The second-order valence-electron chi connectivity index (χ2n) is 7.69. The second kappa shape index (κ2) is 8.25. The van der Waals surface area contributed by atoms with Crippen LogP contribution in [0.2, 0.25) is 0 Å². The molecule has 2 heterocycles. The Balaban J connectivity index is 2.02. The standard InChI is InChI=1S/C24H19FN2O5S/c1-14-3-12-19-22(28)20(13-15-4-10-18(11-5-15)33(2,31)32)21(24(29)30)27(23(19)26-14)17-8-6-16(25)7-9-17/h3-12H,13H2,1-2H3,(H,29,30). The summed E-state index contributed by atoms with van der Waals surface area (Å²) in [5.74, 6) is -1.83. The van der Waals surface area contributed by atoms with Crippen molar-refractivity contribution in [2.24, 2.45) is 0 Å². The summed E-state index contributed by atoms with van der Waals surface area (Å²) in [5, 5.41) is 10.3. The third-order valence-electron chi connectivity index (χ3n) is 5.27. The van der Waals surface area contributed by atoms with Crippen molar-refractivity contribution in [3.05, 3.63) is 99.2 Å². The molecule has 0 aliphatic rings. The van der Waals surface area contributed by atoms with E-state index in [1.54, 1.807) is 31.2 Å². The van der Waals surface area contributed by atoms with E-state index in [9.17, 15) is 27.5 Å². The van der Waals surface area contributed by atoms with Crippen molar-refractivity contribution in [1.82, 2.24) is 9.55 Å². The first kappa shape index (κ1) is 22.3. The molecule has 4 aromatic rings. The average Bonchev–Trinajstić information content (AvgIpc) is 2.75. The molecule has 0 unspecified atom stereocenters. The maximum atomic E-state index is 13.6. The summed E-state index contributed by atoms with van der Waals surface area (Å²) in [6, 6.07) is 14.4. The fourth-order valence-electron chi connectivity index (χ4n) is 3.69. The number of carboxylic acid groups (broad SMARTS) is 1. The lowest BCUT2D eigenvalue weighted by Crippen LogP contribution is -2.24. The second-order valence-corrected chi connectivity index (χ2v) is 9.71. The van der Waals surface area contributed by atoms with E-state index in [0.29, 0.717) is 16.9 Å². The molecule has 2 aromatic carbocycles. The Labute approximate surface area is 188 Å². The van der Waals surface area contributed by atoms with Gasteiger partial charge in [-0.2, -0.15) is 0 Å². The molecule has 168 valence electrons. The zero-order chi connectivity index (χ0) is 23.9. The van der Waals surface area contributed by atoms with Gasteiger partial charge >= 0.3 is 5.97 Å². The predicted molar refractivity (Wildman–Crippen MR) is 121 cm³/mol. The van der Waals surface area contributed by atoms with Gasteiger partial charge in [0.05, 0.1) is 10.3 Å². The number of aromatic nitrogens is 2. The van der Waals surface area contributed by atoms with Crippen molar-refractivity contribution < 1.29 is 22.7 Å². The van der Waals surface area contributed by atoms with E-state index in [0.717, 1.165) is 6.26 Å². The van der Waals surface area contributed by atoms with Crippen LogP contribution in [0.25, 0.3) is 16.7 Å². The molecule has 0 atom stereocenters. The van der Waals surface area contributed by atoms with Crippen LogP contribution >= 0.6 is 0 Å². The molecule has 0 saturated carbocycles. The van der Waals surface area contributed by atoms with Crippen molar-refractivity contribution in [2.45, 2.75) is 18.2 Å². The first-order chi connectivity index (χ1) is 15.6. The van der Waals surface area contributed by atoms with E-state index in [1.165, 1.54) is 41.0 Å². The normalized spacial score (nSPS) is 11.6. The van der Waals surface area contributed by atoms with Gasteiger partial charge < -0.3 is 5.11 Å². The Hall–Kier alpha value is -3.85. The minimum Gasteiger partial charge on any atom is -0.477 e. The third kappa shape index (κ3) is 4.27. The molecule has 9 heteroatoms. The van der Waals surface area contributed by atoms with E-state index in [1.807, 2.05) is 0 Å². The number of carboxylic acids is 1. The zero-order valence-electron chi connectivity index (χ0n) is 17.7. The van der Waals surface area contributed by atoms with Gasteiger partial charge in [-0.1, -0.05) is 12.1 Å². The summed E-state index contributed by atoms with van der Waals surface area (Å²) in [5.41, 5.74) is 0.873. The largest absolute Gasteiger partial charge is 0.477 e. The smallest absolute Gasteiger partial charge is 0.353 e. The number of nitrogens with zero attached hydrogens (tertiary/aromatic N) is 2. The fraction of sp³-hybridized carbons (Fsp3) is 0.125. The van der Waals surface area contributed by atoms with Gasteiger partial charge in [-0.25, -0.2) is 22.6 Å². The van der Waals surface area contributed by atoms with Gasteiger partial charge in [-0.3, -0.25) is 9.36 Å². The SMILES string of the molecule is Cc1ccc2c(=O)c(Cc3ccc(S(C)(=O)=O)cc3)c(C(=O)O)n(-c3ccc(F)cc3)c2n1. The Morgan fingerprint density at radius 2 is 1.67 bits per heavy atom. The lowest BCUT2D eigenvalue weighted by atomic mass is 10.00. The van der Waals surface area contributed by atoms with E-state index in [2.05, 4.69) is 4.98 Å². The van der Waals surface area contributed by atoms with E-state index < -0.39 is 27.1 Å². The van der Waals surface area contributed by atoms with Crippen molar-refractivity contribution >= 4 is 26.8 Å². The molecule has 33 heavy (non-hydrogen) atoms.